The van der Waals surface area contributed by atoms with Gasteiger partial charge in [-0.25, -0.2) is 4.98 Å². The number of nitrogens with one attached hydrogen (secondary N) is 1. The van der Waals surface area contributed by atoms with Crippen molar-refractivity contribution in [3.8, 4) is 0 Å². The second-order valence-electron chi connectivity index (χ2n) is 6.14. The molecule has 25 heavy (non-hydrogen) atoms. The second-order valence-corrected chi connectivity index (χ2v) is 7.59. The summed E-state index contributed by atoms with van der Waals surface area (Å²) < 4.78 is 5.88. The van der Waals surface area contributed by atoms with Gasteiger partial charge in [0.2, 0.25) is 0 Å². The fraction of sp³-hybridized carbons (Fsp3) is 0.500. The zero-order chi connectivity index (χ0) is 17.6. The minimum absolute atomic E-state index is 0.182. The van der Waals surface area contributed by atoms with Gasteiger partial charge >= 0.3 is 5.97 Å². The Morgan fingerprint density at radius 2 is 2.28 bits per heavy atom. The number of hydrogen-bond acceptors (Lipinski definition) is 5. The van der Waals surface area contributed by atoms with Crippen LogP contribution in [0, 0.1) is 0 Å². The Hall–Kier alpha value is -1.73. The van der Waals surface area contributed by atoms with E-state index in [0.717, 1.165) is 35.0 Å². The quantitative estimate of drug-likeness (QED) is 0.488. The van der Waals surface area contributed by atoms with Gasteiger partial charge in [-0.2, -0.15) is 0 Å². The monoisotopic (exact) mass is 377 g/mol. The molecule has 1 aromatic heterocycles. The lowest BCUT2D eigenvalue weighted by Gasteiger charge is -2.36. The predicted molar refractivity (Wildman–Crippen MR) is 105 cm³/mol. The molecule has 5 nitrogen and oxygen atoms in total. The number of nitrogens with zero attached hydrogens (tertiary/aromatic N) is 2. The highest BCUT2D eigenvalue weighted by molar-refractivity contribution is 7.80. The van der Waals surface area contributed by atoms with E-state index in [1.54, 1.807) is 11.3 Å². The first-order valence-electron chi connectivity index (χ1n) is 8.66. The number of para-hydroxylation sites is 1. The van der Waals surface area contributed by atoms with Crippen LogP contribution in [-0.4, -0.2) is 41.2 Å². The van der Waals surface area contributed by atoms with E-state index in [1.165, 1.54) is 18.2 Å². The number of thiazole rings is 1. The van der Waals surface area contributed by atoms with E-state index in [4.69, 9.17) is 17.2 Å². The third-order valence-corrected chi connectivity index (χ3v) is 5.94. The number of benzene rings is 1. The van der Waals surface area contributed by atoms with Crippen molar-refractivity contribution < 1.29 is 9.53 Å². The number of piperidine rings is 1. The molecule has 1 saturated heterocycles. The normalized spacial score (nSPS) is 17.5. The fourth-order valence-electron chi connectivity index (χ4n) is 3.10. The van der Waals surface area contributed by atoms with E-state index in [2.05, 4.69) is 33.2 Å². The highest BCUT2D eigenvalue weighted by Gasteiger charge is 2.28. The fourth-order valence-corrected chi connectivity index (χ4v) is 4.53. The summed E-state index contributed by atoms with van der Waals surface area (Å²) in [5.41, 5.74) is 1.06. The van der Waals surface area contributed by atoms with Crippen molar-refractivity contribution >= 4 is 44.9 Å². The maximum atomic E-state index is 11.2. The van der Waals surface area contributed by atoms with Gasteiger partial charge in [-0.15, -0.1) is 11.3 Å². The molecule has 2 heterocycles. The minimum Gasteiger partial charge on any atom is -0.469 e. The summed E-state index contributed by atoms with van der Waals surface area (Å²) in [6, 6.07) is 8.50. The van der Waals surface area contributed by atoms with Crippen molar-refractivity contribution in [2.75, 3.05) is 20.2 Å². The molecule has 0 bridgehead atoms. The molecule has 0 unspecified atom stereocenters. The van der Waals surface area contributed by atoms with Crippen LogP contribution in [0.4, 0.5) is 0 Å². The Bertz CT molecular complexity index is 714. The number of ether oxygens (including phenoxy) is 1. The molecule has 1 aliphatic rings. The highest BCUT2D eigenvalue weighted by atomic mass is 32.1. The highest BCUT2D eigenvalue weighted by Crippen LogP contribution is 2.35. The van der Waals surface area contributed by atoms with Crippen LogP contribution in [0.1, 0.15) is 43.2 Å². The van der Waals surface area contributed by atoms with Gasteiger partial charge in [0.05, 0.1) is 23.4 Å². The van der Waals surface area contributed by atoms with Gasteiger partial charge in [-0.3, -0.25) is 4.79 Å². The van der Waals surface area contributed by atoms with Crippen LogP contribution >= 0.6 is 23.6 Å². The van der Waals surface area contributed by atoms with Gasteiger partial charge in [-0.1, -0.05) is 12.1 Å². The van der Waals surface area contributed by atoms with Crippen molar-refractivity contribution in [1.82, 2.24) is 15.2 Å². The molecule has 1 aromatic carbocycles. The molecule has 0 spiro atoms. The number of thiocarbonyl (C=S) groups is 1. The van der Waals surface area contributed by atoms with Crippen LogP contribution in [0.2, 0.25) is 0 Å². The first-order valence-corrected chi connectivity index (χ1v) is 9.88. The van der Waals surface area contributed by atoms with E-state index >= 15 is 0 Å². The van der Waals surface area contributed by atoms with Crippen molar-refractivity contribution in [2.24, 2.45) is 0 Å². The summed E-state index contributed by atoms with van der Waals surface area (Å²) in [6.07, 6.45) is 4.54. The van der Waals surface area contributed by atoms with Crippen molar-refractivity contribution in [2.45, 2.75) is 38.1 Å². The smallest absolute Gasteiger partial charge is 0.305 e. The van der Waals surface area contributed by atoms with E-state index in [1.807, 2.05) is 6.07 Å². The molecule has 7 heteroatoms. The van der Waals surface area contributed by atoms with Gasteiger partial charge in [0, 0.05) is 19.5 Å². The maximum Gasteiger partial charge on any atom is 0.305 e. The van der Waals surface area contributed by atoms with Gasteiger partial charge in [0.15, 0.2) is 5.11 Å². The molecule has 0 radical (unpaired) electrons. The van der Waals surface area contributed by atoms with Crippen LogP contribution in [0.25, 0.3) is 10.2 Å². The van der Waals surface area contributed by atoms with Crippen LogP contribution < -0.4 is 5.32 Å². The number of hydrogen-bond donors (Lipinski definition) is 1. The largest absolute Gasteiger partial charge is 0.469 e. The standard InChI is InChI=1S/C18H23N3O2S2/c1-23-16(22)10-6-11-19-18(24)21-12-5-4-8-14(21)17-20-13-7-2-3-9-15(13)25-17/h2-3,7,9,14H,4-6,8,10-12H2,1H3,(H,19,24)/t14-/m1/s1. The summed E-state index contributed by atoms with van der Waals surface area (Å²) in [7, 11) is 1.41. The van der Waals surface area contributed by atoms with Crippen LogP contribution in [-0.2, 0) is 9.53 Å². The molecule has 1 N–H and O–H groups in total. The third kappa shape index (κ3) is 4.46. The zero-order valence-electron chi connectivity index (χ0n) is 14.4. The lowest BCUT2D eigenvalue weighted by Crippen LogP contribution is -2.44. The Labute approximate surface area is 157 Å². The average Bonchev–Trinajstić information content (AvgIpc) is 3.09. The Morgan fingerprint density at radius 3 is 3.08 bits per heavy atom. The molecule has 3 rings (SSSR count). The molecule has 134 valence electrons. The molecule has 1 aliphatic heterocycles. The number of carbonyl (C=O) groups excluding carboxylic acids is 1. The molecular weight excluding hydrogens is 354 g/mol. The lowest BCUT2D eigenvalue weighted by molar-refractivity contribution is -0.140. The number of rotatable bonds is 5. The first kappa shape index (κ1) is 18.1. The molecular formula is C18H23N3O2S2. The van der Waals surface area contributed by atoms with Gasteiger partial charge in [0.1, 0.15) is 5.01 Å². The number of fused-ring (bicyclic) bond motifs is 1. The summed E-state index contributed by atoms with van der Waals surface area (Å²) in [4.78, 5) is 18.3. The molecule has 0 aliphatic carbocycles. The number of esters is 1. The summed E-state index contributed by atoms with van der Waals surface area (Å²) in [5.74, 6) is -0.182. The molecule has 0 saturated carbocycles. The summed E-state index contributed by atoms with van der Waals surface area (Å²) in [5, 5.41) is 5.19. The number of carbonyl (C=O) groups is 1. The van der Waals surface area contributed by atoms with Crippen molar-refractivity contribution in [3.05, 3.63) is 29.3 Å². The number of aromatic nitrogens is 1. The van der Waals surface area contributed by atoms with Crippen LogP contribution in [0.3, 0.4) is 0 Å². The van der Waals surface area contributed by atoms with Crippen LogP contribution in [0.15, 0.2) is 24.3 Å². The SMILES string of the molecule is COC(=O)CCCNC(=S)N1CCCC[C@@H]1c1nc2ccccc2s1. The molecule has 0 amide bonds. The number of methoxy groups -OCH3 is 1. The Balaban J connectivity index is 1.64. The van der Waals surface area contributed by atoms with E-state index in [-0.39, 0.29) is 12.0 Å². The van der Waals surface area contributed by atoms with E-state index in [0.29, 0.717) is 19.4 Å². The molecule has 1 atom stereocenters. The Kier molecular flexibility index (Phi) is 6.20. The minimum atomic E-state index is -0.182. The molecule has 1 fully saturated rings. The lowest BCUT2D eigenvalue weighted by atomic mass is 10.0. The van der Waals surface area contributed by atoms with Crippen molar-refractivity contribution in [1.29, 1.82) is 0 Å². The first-order chi connectivity index (χ1) is 12.2. The topological polar surface area (TPSA) is 54.5 Å². The maximum absolute atomic E-state index is 11.2. The van der Waals surface area contributed by atoms with Crippen molar-refractivity contribution in [3.63, 3.8) is 0 Å². The van der Waals surface area contributed by atoms with E-state index in [9.17, 15) is 4.79 Å². The summed E-state index contributed by atoms with van der Waals surface area (Å²) in [6.45, 7) is 1.63. The predicted octanol–water partition coefficient (Wildman–Crippen LogP) is 3.65. The summed E-state index contributed by atoms with van der Waals surface area (Å²) >= 11 is 7.37. The zero-order valence-corrected chi connectivity index (χ0v) is 16.0. The average molecular weight is 378 g/mol. The van der Waals surface area contributed by atoms with E-state index < -0.39 is 0 Å². The second kappa shape index (κ2) is 8.58. The Morgan fingerprint density at radius 1 is 1.44 bits per heavy atom. The molecule has 2 aromatic rings. The third-order valence-electron chi connectivity index (χ3n) is 4.42. The van der Waals surface area contributed by atoms with Gasteiger partial charge < -0.3 is 15.0 Å². The van der Waals surface area contributed by atoms with Crippen LogP contribution in [0.5, 0.6) is 0 Å². The number of likely N-dealkylation sites (tertiary alicyclic amines) is 1. The van der Waals surface area contributed by atoms with Gasteiger partial charge in [0.25, 0.3) is 0 Å². The van der Waals surface area contributed by atoms with Gasteiger partial charge in [-0.05, 0) is 50.0 Å².